The number of aromatic nitrogens is 2. The number of aliphatic hydroxyl groups excluding tert-OH is 1. The van der Waals surface area contributed by atoms with Gasteiger partial charge in [-0.2, -0.15) is 0 Å². The first-order valence-electron chi connectivity index (χ1n) is 8.95. The zero-order valence-corrected chi connectivity index (χ0v) is 15.0. The first-order valence-corrected chi connectivity index (χ1v) is 8.95. The first-order chi connectivity index (χ1) is 13.1. The van der Waals surface area contributed by atoms with Gasteiger partial charge >= 0.3 is 0 Å². The number of aliphatic hydroxyl groups is 1. The molecule has 5 heteroatoms. The second kappa shape index (κ2) is 7.31. The van der Waals surface area contributed by atoms with Gasteiger partial charge in [0.05, 0.1) is 6.10 Å². The van der Waals surface area contributed by atoms with Crippen molar-refractivity contribution in [3.05, 3.63) is 83.7 Å². The maximum absolute atomic E-state index is 9.78. The average molecular weight is 359 g/mol. The number of pyridine rings is 1. The van der Waals surface area contributed by atoms with Crippen LogP contribution in [0.4, 0.5) is 0 Å². The molecule has 136 valence electrons. The van der Waals surface area contributed by atoms with Gasteiger partial charge in [-0.15, -0.1) is 0 Å². The Bertz CT molecular complexity index is 1060. The van der Waals surface area contributed by atoms with E-state index in [0.29, 0.717) is 12.0 Å². The Balaban J connectivity index is 1.74. The van der Waals surface area contributed by atoms with E-state index in [0.717, 1.165) is 33.5 Å². The highest BCUT2D eigenvalue weighted by Gasteiger charge is 2.18. The van der Waals surface area contributed by atoms with Crippen molar-refractivity contribution in [3.63, 3.8) is 0 Å². The monoisotopic (exact) mass is 359 g/mol. The molecule has 5 nitrogen and oxygen atoms in total. The number of nitrogens with two attached hydrogens (primary N) is 1. The second-order valence-electron chi connectivity index (χ2n) is 6.68. The van der Waals surface area contributed by atoms with E-state index < -0.39 is 6.10 Å². The third-order valence-electron chi connectivity index (χ3n) is 4.75. The first kappa shape index (κ1) is 17.4. The molecule has 2 atom stereocenters. The maximum atomic E-state index is 9.78. The van der Waals surface area contributed by atoms with E-state index in [1.807, 2.05) is 60.7 Å². The zero-order valence-electron chi connectivity index (χ0n) is 15.0. The molecular weight excluding hydrogens is 338 g/mol. The minimum absolute atomic E-state index is 0.209. The summed E-state index contributed by atoms with van der Waals surface area (Å²) in [4.78, 5) is 4.37. The topological polar surface area (TPSA) is 85.2 Å². The second-order valence-corrected chi connectivity index (χ2v) is 6.68. The number of hydrogen-bond donors (Lipinski definition) is 2. The third kappa shape index (κ3) is 3.47. The molecule has 0 spiro atoms. The number of nitrogens with zero attached hydrogens (tertiary/aromatic N) is 2. The van der Waals surface area contributed by atoms with E-state index in [-0.39, 0.29) is 6.04 Å². The van der Waals surface area contributed by atoms with Crippen LogP contribution in [0.25, 0.3) is 22.2 Å². The fraction of sp³-hybridized carbons (Fsp3) is 0.182. The van der Waals surface area contributed by atoms with Gasteiger partial charge in [0.2, 0.25) is 0 Å². The van der Waals surface area contributed by atoms with Gasteiger partial charge in [0.25, 0.3) is 0 Å². The van der Waals surface area contributed by atoms with E-state index in [1.165, 1.54) is 0 Å². The van der Waals surface area contributed by atoms with Crippen LogP contribution in [0.1, 0.15) is 35.9 Å². The van der Waals surface area contributed by atoms with E-state index in [9.17, 15) is 5.11 Å². The fourth-order valence-electron chi connectivity index (χ4n) is 3.30. The van der Waals surface area contributed by atoms with Crippen LogP contribution in [0, 0.1) is 0 Å². The molecule has 2 aromatic carbocycles. The molecular formula is C22H21N3O2. The summed E-state index contributed by atoms with van der Waals surface area (Å²) in [6.07, 6.45) is 1.86. The summed E-state index contributed by atoms with van der Waals surface area (Å²) in [5.74, 6) is 0. The number of fused-ring (bicyclic) bond motifs is 1. The van der Waals surface area contributed by atoms with Gasteiger partial charge in [0.15, 0.2) is 5.58 Å². The summed E-state index contributed by atoms with van der Waals surface area (Å²) in [6, 6.07) is 19.3. The Labute approximate surface area is 157 Å². The van der Waals surface area contributed by atoms with Crippen LogP contribution >= 0.6 is 0 Å². The largest absolute Gasteiger partial charge is 0.389 e. The molecule has 27 heavy (non-hydrogen) atoms. The van der Waals surface area contributed by atoms with Crippen LogP contribution in [-0.4, -0.2) is 15.2 Å². The normalized spacial score (nSPS) is 13.6. The lowest BCUT2D eigenvalue weighted by Gasteiger charge is -2.15. The van der Waals surface area contributed by atoms with Crippen LogP contribution in [0.15, 0.2) is 71.4 Å². The van der Waals surface area contributed by atoms with Crippen molar-refractivity contribution < 1.29 is 9.63 Å². The van der Waals surface area contributed by atoms with Gasteiger partial charge in [-0.1, -0.05) is 41.6 Å². The molecule has 0 saturated carbocycles. The standard InChI is InChI=1S/C22H21N3O2/c1-14(26)15-9-10-19-21(12-15)27-25-22(19)18-8-3-2-7-17(18)20(23)13-16-6-4-5-11-24-16/h2-12,14,20,26H,13,23H2,1H3. The summed E-state index contributed by atoms with van der Waals surface area (Å²) in [7, 11) is 0. The number of hydrogen-bond acceptors (Lipinski definition) is 5. The molecule has 0 aliphatic rings. The van der Waals surface area contributed by atoms with E-state index in [1.54, 1.807) is 13.1 Å². The van der Waals surface area contributed by atoms with Crippen LogP contribution < -0.4 is 5.73 Å². The summed E-state index contributed by atoms with van der Waals surface area (Å²) >= 11 is 0. The lowest BCUT2D eigenvalue weighted by atomic mass is 9.94. The molecule has 3 N–H and O–H groups in total. The molecule has 0 aliphatic heterocycles. The molecule has 0 bridgehead atoms. The predicted molar refractivity (Wildman–Crippen MR) is 105 cm³/mol. The van der Waals surface area contributed by atoms with Gasteiger partial charge in [-0.3, -0.25) is 4.98 Å². The Hall–Kier alpha value is -3.02. The summed E-state index contributed by atoms with van der Waals surface area (Å²) in [5, 5.41) is 15.0. The van der Waals surface area contributed by atoms with Crippen LogP contribution in [0.3, 0.4) is 0 Å². The molecule has 2 unspecified atom stereocenters. The van der Waals surface area contributed by atoms with Crippen molar-refractivity contribution in [2.75, 3.05) is 0 Å². The maximum Gasteiger partial charge on any atom is 0.167 e. The lowest BCUT2D eigenvalue weighted by Crippen LogP contribution is -2.15. The van der Waals surface area contributed by atoms with Gasteiger partial charge in [0, 0.05) is 35.3 Å². The molecule has 0 aliphatic carbocycles. The molecule has 0 saturated heterocycles. The van der Waals surface area contributed by atoms with E-state index >= 15 is 0 Å². The highest BCUT2D eigenvalue weighted by Crippen LogP contribution is 2.34. The van der Waals surface area contributed by atoms with E-state index in [2.05, 4.69) is 10.1 Å². The zero-order chi connectivity index (χ0) is 18.8. The van der Waals surface area contributed by atoms with Crippen LogP contribution in [-0.2, 0) is 6.42 Å². The van der Waals surface area contributed by atoms with Crippen molar-refractivity contribution in [3.8, 4) is 11.3 Å². The molecule has 2 aromatic heterocycles. The van der Waals surface area contributed by atoms with Gasteiger partial charge in [-0.05, 0) is 42.3 Å². The van der Waals surface area contributed by atoms with Gasteiger partial charge in [0.1, 0.15) is 5.69 Å². The Kier molecular flexibility index (Phi) is 4.71. The minimum atomic E-state index is -0.554. The Morgan fingerprint density at radius 1 is 1.07 bits per heavy atom. The highest BCUT2D eigenvalue weighted by atomic mass is 16.5. The molecule has 4 aromatic rings. The SMILES string of the molecule is CC(O)c1ccc2c(-c3ccccc3C(N)Cc3ccccn3)noc2c1. The minimum Gasteiger partial charge on any atom is -0.389 e. The van der Waals surface area contributed by atoms with Gasteiger partial charge < -0.3 is 15.4 Å². The van der Waals surface area contributed by atoms with Crippen molar-refractivity contribution in [1.82, 2.24) is 10.1 Å². The smallest absolute Gasteiger partial charge is 0.167 e. The molecule has 2 heterocycles. The van der Waals surface area contributed by atoms with Crippen molar-refractivity contribution >= 4 is 11.0 Å². The summed E-state index contributed by atoms with van der Waals surface area (Å²) in [5.41, 5.74) is 11.6. The fourth-order valence-corrected chi connectivity index (χ4v) is 3.30. The average Bonchev–Trinajstić information content (AvgIpc) is 3.11. The summed E-state index contributed by atoms with van der Waals surface area (Å²) in [6.45, 7) is 1.73. The van der Waals surface area contributed by atoms with Crippen LogP contribution in [0.2, 0.25) is 0 Å². The van der Waals surface area contributed by atoms with Crippen molar-refractivity contribution in [2.24, 2.45) is 5.73 Å². The number of rotatable bonds is 5. The molecule has 4 rings (SSSR count). The van der Waals surface area contributed by atoms with E-state index in [4.69, 9.17) is 10.3 Å². The predicted octanol–water partition coefficient (Wildman–Crippen LogP) is 4.19. The Morgan fingerprint density at radius 2 is 1.89 bits per heavy atom. The third-order valence-corrected chi connectivity index (χ3v) is 4.75. The molecule has 0 amide bonds. The summed E-state index contributed by atoms with van der Waals surface area (Å²) < 4.78 is 5.53. The quantitative estimate of drug-likeness (QED) is 0.558. The Morgan fingerprint density at radius 3 is 2.67 bits per heavy atom. The van der Waals surface area contributed by atoms with Gasteiger partial charge in [-0.25, -0.2) is 0 Å². The highest BCUT2D eigenvalue weighted by molar-refractivity contribution is 5.92. The number of benzene rings is 2. The van der Waals surface area contributed by atoms with Crippen LogP contribution in [0.5, 0.6) is 0 Å². The molecule has 0 radical (unpaired) electrons. The lowest BCUT2D eigenvalue weighted by molar-refractivity contribution is 0.199. The van der Waals surface area contributed by atoms with Crippen molar-refractivity contribution in [2.45, 2.75) is 25.5 Å². The molecule has 0 fully saturated rings. The van der Waals surface area contributed by atoms with Crippen molar-refractivity contribution in [1.29, 1.82) is 0 Å².